The summed E-state index contributed by atoms with van der Waals surface area (Å²) in [5.74, 6) is 0.785. The molecule has 0 aliphatic carbocycles. The van der Waals surface area contributed by atoms with Crippen LogP contribution in [0.4, 0.5) is 0 Å². The van der Waals surface area contributed by atoms with E-state index in [1.54, 1.807) is 0 Å². The number of hydrogen-bond donors (Lipinski definition) is 1. The maximum Gasteiger partial charge on any atom is 0.0623 e. The molecule has 1 aromatic rings. The third kappa shape index (κ3) is 4.95. The molecular formula is C10H18IN3. The van der Waals surface area contributed by atoms with Crippen LogP contribution >= 0.6 is 22.6 Å². The lowest BCUT2D eigenvalue weighted by Gasteiger charge is -2.06. The molecule has 1 rings (SSSR count). The molecule has 1 heterocycles. The van der Waals surface area contributed by atoms with Gasteiger partial charge in [-0.05, 0) is 41.5 Å². The molecule has 0 spiro atoms. The molecule has 1 N–H and O–H groups in total. The van der Waals surface area contributed by atoms with Crippen LogP contribution in [0.3, 0.4) is 0 Å². The van der Waals surface area contributed by atoms with Crippen molar-refractivity contribution in [3.05, 3.63) is 16.0 Å². The van der Waals surface area contributed by atoms with Gasteiger partial charge >= 0.3 is 0 Å². The zero-order valence-electron chi connectivity index (χ0n) is 8.83. The van der Waals surface area contributed by atoms with E-state index >= 15 is 0 Å². The monoisotopic (exact) mass is 307 g/mol. The van der Waals surface area contributed by atoms with Crippen LogP contribution in [0.15, 0.2) is 12.4 Å². The number of halogens is 1. The summed E-state index contributed by atoms with van der Waals surface area (Å²) >= 11 is 2.27. The lowest BCUT2D eigenvalue weighted by Crippen LogP contribution is -2.22. The summed E-state index contributed by atoms with van der Waals surface area (Å²) in [7, 11) is 0. The Bertz CT molecular complexity index is 258. The molecule has 1 aromatic heterocycles. The Morgan fingerprint density at radius 1 is 1.50 bits per heavy atom. The van der Waals surface area contributed by atoms with Gasteiger partial charge in [-0.1, -0.05) is 13.8 Å². The van der Waals surface area contributed by atoms with Gasteiger partial charge in [0.2, 0.25) is 0 Å². The summed E-state index contributed by atoms with van der Waals surface area (Å²) in [6.07, 6.45) is 5.19. The number of rotatable bonds is 6. The van der Waals surface area contributed by atoms with Gasteiger partial charge in [0.1, 0.15) is 0 Å². The molecule has 0 bridgehead atoms. The Balaban J connectivity index is 2.04. The van der Waals surface area contributed by atoms with Crippen molar-refractivity contribution in [3.63, 3.8) is 0 Å². The summed E-state index contributed by atoms with van der Waals surface area (Å²) in [4.78, 5) is 0. The lowest BCUT2D eigenvalue weighted by molar-refractivity contribution is 0.505. The zero-order valence-corrected chi connectivity index (χ0v) is 11.0. The Kier molecular flexibility index (Phi) is 5.47. The average Bonchev–Trinajstić information content (AvgIpc) is 2.50. The largest absolute Gasteiger partial charge is 0.315 e. The normalized spacial score (nSPS) is 11.1. The van der Waals surface area contributed by atoms with E-state index in [1.165, 1.54) is 9.99 Å². The molecule has 4 heteroatoms. The number of nitrogens with one attached hydrogen (secondary N) is 1. The van der Waals surface area contributed by atoms with Crippen molar-refractivity contribution >= 4 is 22.6 Å². The first-order valence-electron chi connectivity index (χ1n) is 5.07. The second kappa shape index (κ2) is 6.40. The molecule has 0 aliphatic rings. The van der Waals surface area contributed by atoms with Gasteiger partial charge in [0.15, 0.2) is 0 Å². The van der Waals surface area contributed by atoms with Gasteiger partial charge < -0.3 is 5.32 Å². The van der Waals surface area contributed by atoms with Gasteiger partial charge in [-0.2, -0.15) is 5.10 Å². The molecule has 3 nitrogen and oxygen atoms in total. The van der Waals surface area contributed by atoms with Crippen LogP contribution in [0.1, 0.15) is 20.3 Å². The molecule has 0 saturated heterocycles. The third-order valence-corrected chi connectivity index (χ3v) is 2.57. The maximum atomic E-state index is 4.22. The van der Waals surface area contributed by atoms with Gasteiger partial charge in [-0.25, -0.2) is 0 Å². The van der Waals surface area contributed by atoms with E-state index in [9.17, 15) is 0 Å². The highest BCUT2D eigenvalue weighted by atomic mass is 127. The fourth-order valence-electron chi connectivity index (χ4n) is 1.17. The van der Waals surface area contributed by atoms with Crippen LogP contribution in [0.5, 0.6) is 0 Å². The molecule has 80 valence electrons. The zero-order chi connectivity index (χ0) is 10.4. The van der Waals surface area contributed by atoms with E-state index in [0.29, 0.717) is 0 Å². The Hall–Kier alpha value is -0.100. The van der Waals surface area contributed by atoms with Crippen molar-refractivity contribution in [1.82, 2.24) is 15.1 Å². The highest BCUT2D eigenvalue weighted by Gasteiger charge is 1.95. The minimum atomic E-state index is 0.785. The van der Waals surface area contributed by atoms with Crippen molar-refractivity contribution < 1.29 is 0 Å². The second-order valence-electron chi connectivity index (χ2n) is 3.85. The van der Waals surface area contributed by atoms with Crippen LogP contribution in [-0.4, -0.2) is 22.9 Å². The van der Waals surface area contributed by atoms with E-state index in [0.717, 1.165) is 25.6 Å². The van der Waals surface area contributed by atoms with Gasteiger partial charge in [0, 0.05) is 12.7 Å². The van der Waals surface area contributed by atoms with Crippen molar-refractivity contribution in [2.75, 3.05) is 13.1 Å². The van der Waals surface area contributed by atoms with Crippen molar-refractivity contribution in [1.29, 1.82) is 0 Å². The molecule has 0 aliphatic heterocycles. The number of hydrogen-bond acceptors (Lipinski definition) is 2. The van der Waals surface area contributed by atoms with Gasteiger partial charge in [0.05, 0.1) is 16.3 Å². The molecule has 14 heavy (non-hydrogen) atoms. The van der Waals surface area contributed by atoms with Gasteiger partial charge in [0.25, 0.3) is 0 Å². The molecule has 0 aromatic carbocycles. The quantitative estimate of drug-likeness (QED) is 0.644. The number of nitrogens with zero attached hydrogens (tertiary/aromatic N) is 2. The molecule has 0 amide bonds. The van der Waals surface area contributed by atoms with E-state index in [4.69, 9.17) is 0 Å². The van der Waals surface area contributed by atoms with Crippen LogP contribution < -0.4 is 5.32 Å². The standard InChI is InChI=1S/C10H18IN3/c1-9(2)3-4-12-5-6-14-8-10(11)7-13-14/h7-9,12H,3-6H2,1-2H3. The molecule has 0 unspecified atom stereocenters. The smallest absolute Gasteiger partial charge is 0.0623 e. The average molecular weight is 307 g/mol. The summed E-state index contributed by atoms with van der Waals surface area (Å²) in [6.45, 7) is 7.57. The predicted octanol–water partition coefficient (Wildman–Crippen LogP) is 2.12. The topological polar surface area (TPSA) is 29.9 Å². The first-order valence-corrected chi connectivity index (χ1v) is 6.15. The predicted molar refractivity (Wildman–Crippen MR) is 67.3 cm³/mol. The van der Waals surface area contributed by atoms with Gasteiger partial charge in [-0.3, -0.25) is 4.68 Å². The minimum absolute atomic E-state index is 0.785. The fourth-order valence-corrected chi connectivity index (χ4v) is 1.62. The van der Waals surface area contributed by atoms with E-state index < -0.39 is 0 Å². The molecule has 0 fully saturated rings. The highest BCUT2D eigenvalue weighted by Crippen LogP contribution is 2.00. The first-order chi connectivity index (χ1) is 6.68. The summed E-state index contributed by atoms with van der Waals surface area (Å²) in [5.41, 5.74) is 0. The number of aromatic nitrogens is 2. The van der Waals surface area contributed by atoms with Crippen molar-refractivity contribution in [3.8, 4) is 0 Å². The van der Waals surface area contributed by atoms with Crippen LogP contribution in [0.25, 0.3) is 0 Å². The summed E-state index contributed by atoms with van der Waals surface area (Å²) < 4.78 is 3.18. The van der Waals surface area contributed by atoms with Crippen LogP contribution in [0, 0.1) is 9.49 Å². The van der Waals surface area contributed by atoms with Crippen LogP contribution in [0.2, 0.25) is 0 Å². The Labute approximate surface area is 99.4 Å². The summed E-state index contributed by atoms with van der Waals surface area (Å²) in [5, 5.41) is 7.63. The molecular weight excluding hydrogens is 289 g/mol. The van der Waals surface area contributed by atoms with E-state index in [-0.39, 0.29) is 0 Å². The van der Waals surface area contributed by atoms with Crippen molar-refractivity contribution in [2.45, 2.75) is 26.8 Å². The fraction of sp³-hybridized carbons (Fsp3) is 0.700. The molecule has 0 saturated carbocycles. The lowest BCUT2D eigenvalue weighted by atomic mass is 10.1. The third-order valence-electron chi connectivity index (χ3n) is 2.02. The SMILES string of the molecule is CC(C)CCNCCn1cc(I)cn1. The molecule has 0 atom stereocenters. The van der Waals surface area contributed by atoms with Crippen molar-refractivity contribution in [2.24, 2.45) is 5.92 Å². The minimum Gasteiger partial charge on any atom is -0.315 e. The second-order valence-corrected chi connectivity index (χ2v) is 5.10. The van der Waals surface area contributed by atoms with Crippen LogP contribution in [-0.2, 0) is 6.54 Å². The Morgan fingerprint density at radius 2 is 2.29 bits per heavy atom. The van der Waals surface area contributed by atoms with E-state index in [2.05, 4.69) is 53.1 Å². The maximum absolute atomic E-state index is 4.22. The summed E-state index contributed by atoms with van der Waals surface area (Å²) in [6, 6.07) is 0. The first kappa shape index (κ1) is 12.0. The molecule has 0 radical (unpaired) electrons. The Morgan fingerprint density at radius 3 is 2.86 bits per heavy atom. The van der Waals surface area contributed by atoms with Gasteiger partial charge in [-0.15, -0.1) is 0 Å². The highest BCUT2D eigenvalue weighted by molar-refractivity contribution is 14.1. The van der Waals surface area contributed by atoms with E-state index in [1.807, 2.05) is 10.9 Å².